The van der Waals surface area contributed by atoms with Crippen LogP contribution in [0.1, 0.15) is 44.9 Å². The second-order valence-corrected chi connectivity index (χ2v) is 5.75. The van der Waals surface area contributed by atoms with Crippen molar-refractivity contribution < 1.29 is 9.53 Å². The second-order valence-electron chi connectivity index (χ2n) is 5.75. The molecule has 3 nitrogen and oxygen atoms in total. The fourth-order valence-electron chi connectivity index (χ4n) is 3.64. The van der Waals surface area contributed by atoms with Gasteiger partial charge in [-0.05, 0) is 56.3 Å². The minimum absolute atomic E-state index is 0.112. The van der Waals surface area contributed by atoms with Crippen LogP contribution in [-0.4, -0.2) is 19.1 Å². The van der Waals surface area contributed by atoms with Gasteiger partial charge in [-0.1, -0.05) is 12.2 Å². The number of esters is 1. The highest BCUT2D eigenvalue weighted by Gasteiger charge is 2.44. The molecule has 0 saturated heterocycles. The maximum absolute atomic E-state index is 10.9. The molecule has 2 saturated carbocycles. The molecule has 0 aromatic heterocycles. The van der Waals surface area contributed by atoms with Crippen LogP contribution in [0.4, 0.5) is 0 Å². The van der Waals surface area contributed by atoms with Gasteiger partial charge in [-0.2, -0.15) is 0 Å². The lowest BCUT2D eigenvalue weighted by Gasteiger charge is -2.27. The van der Waals surface area contributed by atoms with E-state index in [1.165, 1.54) is 26.4 Å². The normalized spacial score (nSPS) is 34.3. The zero-order chi connectivity index (χ0) is 13.0. The van der Waals surface area contributed by atoms with Gasteiger partial charge in [0.25, 0.3) is 0 Å². The van der Waals surface area contributed by atoms with Gasteiger partial charge in [0.2, 0.25) is 0 Å². The predicted octanol–water partition coefficient (Wildman–Crippen LogP) is 2.65. The highest BCUT2D eigenvalue weighted by molar-refractivity contribution is 5.68. The van der Waals surface area contributed by atoms with Gasteiger partial charge < -0.3 is 10.5 Å². The maximum atomic E-state index is 10.9. The smallest absolute Gasteiger partial charge is 0.305 e. The van der Waals surface area contributed by atoms with Crippen molar-refractivity contribution in [2.75, 3.05) is 7.11 Å². The number of nitrogens with two attached hydrogens (primary N) is 1. The lowest BCUT2D eigenvalue weighted by atomic mass is 9.83. The molecular formula is C15H25NO2. The number of hydrogen-bond acceptors (Lipinski definition) is 3. The van der Waals surface area contributed by atoms with Crippen LogP contribution in [0.3, 0.4) is 0 Å². The van der Waals surface area contributed by atoms with Gasteiger partial charge in [-0.3, -0.25) is 4.79 Å². The Labute approximate surface area is 110 Å². The zero-order valence-corrected chi connectivity index (χ0v) is 11.3. The van der Waals surface area contributed by atoms with Crippen molar-refractivity contribution in [2.24, 2.45) is 23.5 Å². The third-order valence-corrected chi connectivity index (χ3v) is 4.71. The molecule has 0 aromatic rings. The molecule has 2 fully saturated rings. The summed E-state index contributed by atoms with van der Waals surface area (Å²) in [5, 5.41) is 0. The van der Waals surface area contributed by atoms with Crippen LogP contribution in [0.2, 0.25) is 0 Å². The first-order valence-corrected chi connectivity index (χ1v) is 7.19. The van der Waals surface area contributed by atoms with Gasteiger partial charge in [0.15, 0.2) is 0 Å². The highest BCUT2D eigenvalue weighted by atomic mass is 16.5. The van der Waals surface area contributed by atoms with Crippen molar-refractivity contribution >= 4 is 5.97 Å². The van der Waals surface area contributed by atoms with Crippen LogP contribution in [0.5, 0.6) is 0 Å². The van der Waals surface area contributed by atoms with E-state index in [2.05, 4.69) is 16.9 Å². The number of hydrogen-bond donors (Lipinski definition) is 1. The van der Waals surface area contributed by atoms with Gasteiger partial charge in [0, 0.05) is 12.5 Å². The Balaban J connectivity index is 1.61. The molecule has 2 aliphatic carbocycles. The quantitative estimate of drug-likeness (QED) is 0.448. The Bertz CT molecular complexity index is 312. The first-order chi connectivity index (χ1) is 8.72. The number of carbonyl (C=O) groups excluding carboxylic acids is 1. The van der Waals surface area contributed by atoms with Crippen molar-refractivity contribution in [3.05, 3.63) is 12.2 Å². The predicted molar refractivity (Wildman–Crippen MR) is 71.9 cm³/mol. The van der Waals surface area contributed by atoms with E-state index in [-0.39, 0.29) is 5.97 Å². The van der Waals surface area contributed by atoms with Crippen LogP contribution in [0, 0.1) is 17.8 Å². The Morgan fingerprint density at radius 3 is 2.78 bits per heavy atom. The van der Waals surface area contributed by atoms with Crippen molar-refractivity contribution in [1.29, 1.82) is 0 Å². The molecule has 0 radical (unpaired) electrons. The summed E-state index contributed by atoms with van der Waals surface area (Å²) in [7, 11) is 1.44. The molecule has 1 unspecified atom stereocenters. The SMILES string of the molecule is COC(=O)CCC/C=C\C[C@@H]1C(N)[C@@H]2CC[C@H]1C2. The van der Waals surface area contributed by atoms with E-state index in [9.17, 15) is 4.79 Å². The van der Waals surface area contributed by atoms with Crippen molar-refractivity contribution in [1.82, 2.24) is 0 Å². The lowest BCUT2D eigenvalue weighted by Crippen LogP contribution is -2.35. The molecule has 4 atom stereocenters. The van der Waals surface area contributed by atoms with Crippen LogP contribution in [0.25, 0.3) is 0 Å². The molecular weight excluding hydrogens is 226 g/mol. The first kappa shape index (κ1) is 13.6. The van der Waals surface area contributed by atoms with Gasteiger partial charge in [-0.25, -0.2) is 0 Å². The standard InChI is InChI=1S/C15H25NO2/c1-18-14(17)7-5-3-2-4-6-13-11-8-9-12(10-11)15(13)16/h2,4,11-13,15H,3,5-10,16H2,1H3/b4-2-/t11-,12+,13-,15?/m0/s1. The fraction of sp³-hybridized carbons (Fsp3) is 0.800. The number of carbonyl (C=O) groups is 1. The molecule has 2 N–H and O–H groups in total. The monoisotopic (exact) mass is 251 g/mol. The van der Waals surface area contributed by atoms with E-state index in [0.717, 1.165) is 31.1 Å². The summed E-state index contributed by atoms with van der Waals surface area (Å²) in [4.78, 5) is 10.9. The topological polar surface area (TPSA) is 52.3 Å². The van der Waals surface area contributed by atoms with Crippen molar-refractivity contribution in [3.63, 3.8) is 0 Å². The molecule has 18 heavy (non-hydrogen) atoms. The zero-order valence-electron chi connectivity index (χ0n) is 11.3. The number of allylic oxidation sites excluding steroid dienone is 2. The molecule has 0 aliphatic heterocycles. The largest absolute Gasteiger partial charge is 0.469 e. The number of ether oxygens (including phenoxy) is 1. The fourth-order valence-corrected chi connectivity index (χ4v) is 3.64. The number of fused-ring (bicyclic) bond motifs is 2. The van der Waals surface area contributed by atoms with E-state index in [1.807, 2.05) is 0 Å². The van der Waals surface area contributed by atoms with Gasteiger partial charge in [0.1, 0.15) is 0 Å². The van der Waals surface area contributed by atoms with Gasteiger partial charge in [-0.15, -0.1) is 0 Å². The number of rotatable bonds is 6. The van der Waals surface area contributed by atoms with Crippen molar-refractivity contribution in [3.8, 4) is 0 Å². The van der Waals surface area contributed by atoms with Crippen LogP contribution < -0.4 is 5.73 Å². The molecule has 2 rings (SSSR count). The molecule has 3 heteroatoms. The third-order valence-electron chi connectivity index (χ3n) is 4.71. The van der Waals surface area contributed by atoms with E-state index in [4.69, 9.17) is 5.73 Å². The molecule has 0 amide bonds. The summed E-state index contributed by atoms with van der Waals surface area (Å²) < 4.78 is 4.61. The average molecular weight is 251 g/mol. The number of unbranched alkanes of at least 4 members (excludes halogenated alkanes) is 1. The molecule has 0 spiro atoms. The number of methoxy groups -OCH3 is 1. The second kappa shape index (κ2) is 6.37. The highest BCUT2D eigenvalue weighted by Crippen LogP contribution is 2.48. The van der Waals surface area contributed by atoms with Crippen molar-refractivity contribution in [2.45, 2.75) is 51.0 Å². The molecule has 0 aromatic carbocycles. The maximum Gasteiger partial charge on any atom is 0.305 e. The summed E-state index contributed by atoms with van der Waals surface area (Å²) in [5.74, 6) is 2.27. The summed E-state index contributed by atoms with van der Waals surface area (Å²) in [6.45, 7) is 0. The Hall–Kier alpha value is -0.830. The third kappa shape index (κ3) is 3.14. The molecule has 102 valence electrons. The van der Waals surface area contributed by atoms with E-state index in [0.29, 0.717) is 18.4 Å². The van der Waals surface area contributed by atoms with E-state index < -0.39 is 0 Å². The summed E-state index contributed by atoms with van der Waals surface area (Å²) in [6.07, 6.45) is 12.1. The molecule has 2 aliphatic rings. The average Bonchev–Trinajstić information content (AvgIpc) is 2.95. The first-order valence-electron chi connectivity index (χ1n) is 7.19. The van der Waals surface area contributed by atoms with E-state index in [1.54, 1.807) is 0 Å². The Morgan fingerprint density at radius 1 is 1.33 bits per heavy atom. The minimum Gasteiger partial charge on any atom is -0.469 e. The Kier molecular flexibility index (Phi) is 4.81. The minimum atomic E-state index is -0.112. The van der Waals surface area contributed by atoms with Crippen LogP contribution in [0.15, 0.2) is 12.2 Å². The molecule has 0 heterocycles. The van der Waals surface area contributed by atoms with Gasteiger partial charge >= 0.3 is 5.97 Å². The summed E-state index contributed by atoms with van der Waals surface area (Å²) in [6, 6.07) is 0.434. The Morgan fingerprint density at radius 2 is 2.11 bits per heavy atom. The summed E-state index contributed by atoms with van der Waals surface area (Å²) in [5.41, 5.74) is 6.27. The van der Waals surface area contributed by atoms with Gasteiger partial charge in [0.05, 0.1) is 7.11 Å². The van der Waals surface area contributed by atoms with Crippen LogP contribution >= 0.6 is 0 Å². The van der Waals surface area contributed by atoms with E-state index >= 15 is 0 Å². The van der Waals surface area contributed by atoms with Crippen LogP contribution in [-0.2, 0) is 9.53 Å². The summed E-state index contributed by atoms with van der Waals surface area (Å²) >= 11 is 0. The molecule has 2 bridgehead atoms. The lowest BCUT2D eigenvalue weighted by molar-refractivity contribution is -0.140.